The summed E-state index contributed by atoms with van der Waals surface area (Å²) in [6.07, 6.45) is 1.46. The highest BCUT2D eigenvalue weighted by Gasteiger charge is 2.20. The number of halogens is 1. The quantitative estimate of drug-likeness (QED) is 0.687. The van der Waals surface area contributed by atoms with E-state index in [0.717, 1.165) is 0 Å². The molecule has 0 fully saturated rings. The van der Waals surface area contributed by atoms with E-state index >= 15 is 0 Å². The maximum atomic E-state index is 10.9. The lowest BCUT2D eigenvalue weighted by Gasteiger charge is -2.09. The van der Waals surface area contributed by atoms with Gasteiger partial charge in [0.1, 0.15) is 0 Å². The molecule has 0 aliphatic rings. The monoisotopic (exact) mass is 280 g/mol. The Kier molecular flexibility index (Phi) is 3.94. The highest BCUT2D eigenvalue weighted by molar-refractivity contribution is 6.32. The van der Waals surface area contributed by atoms with Crippen molar-refractivity contribution in [2.45, 2.75) is 6.61 Å². The molecule has 7 heteroatoms. The van der Waals surface area contributed by atoms with Crippen LogP contribution < -0.4 is 4.74 Å². The second kappa shape index (κ2) is 5.64. The number of pyridine rings is 1. The van der Waals surface area contributed by atoms with Gasteiger partial charge >= 0.3 is 5.69 Å². The number of hydrogen-bond donors (Lipinski definition) is 1. The lowest BCUT2D eigenvalue weighted by Crippen LogP contribution is -1.98. The molecule has 0 saturated heterocycles. The van der Waals surface area contributed by atoms with E-state index in [-0.39, 0.29) is 28.9 Å². The van der Waals surface area contributed by atoms with Gasteiger partial charge in [-0.2, -0.15) is 0 Å². The van der Waals surface area contributed by atoms with Crippen molar-refractivity contribution in [1.29, 1.82) is 0 Å². The van der Waals surface area contributed by atoms with Crippen molar-refractivity contribution in [2.24, 2.45) is 0 Å². The molecule has 0 amide bonds. The first-order chi connectivity index (χ1) is 9.13. The van der Waals surface area contributed by atoms with E-state index in [4.69, 9.17) is 21.4 Å². The Morgan fingerprint density at radius 1 is 1.37 bits per heavy atom. The predicted octanol–water partition coefficient (Wildman–Crippen LogP) is 2.93. The molecule has 19 heavy (non-hydrogen) atoms. The van der Waals surface area contributed by atoms with E-state index in [1.54, 1.807) is 12.1 Å². The van der Waals surface area contributed by atoms with Crippen molar-refractivity contribution in [3.05, 3.63) is 57.2 Å². The number of nitro benzene ring substituents is 1. The number of hydrogen-bond acceptors (Lipinski definition) is 5. The van der Waals surface area contributed by atoms with Gasteiger partial charge in [-0.15, -0.1) is 0 Å². The van der Waals surface area contributed by atoms with E-state index < -0.39 is 4.92 Å². The average molecular weight is 281 g/mol. The van der Waals surface area contributed by atoms with Crippen LogP contribution >= 0.6 is 11.6 Å². The number of aromatic nitrogens is 1. The smallest absolute Gasteiger partial charge is 0.313 e. The Bertz CT molecular complexity index is 618. The number of para-hydroxylation sites is 1. The highest BCUT2D eigenvalue weighted by Crippen LogP contribution is 2.37. The minimum absolute atomic E-state index is 0.0844. The van der Waals surface area contributed by atoms with Gasteiger partial charge in [-0.05, 0) is 18.2 Å². The van der Waals surface area contributed by atoms with Gasteiger partial charge in [0.05, 0.1) is 16.6 Å². The van der Waals surface area contributed by atoms with Crippen molar-refractivity contribution in [1.82, 2.24) is 4.98 Å². The van der Waals surface area contributed by atoms with Gasteiger partial charge in [-0.25, -0.2) is 4.98 Å². The molecule has 0 aliphatic heterocycles. The fourth-order valence-electron chi connectivity index (χ4n) is 1.48. The molecule has 1 N–H and O–H groups in total. The van der Waals surface area contributed by atoms with Gasteiger partial charge in [0.25, 0.3) is 0 Å². The number of aliphatic hydroxyl groups is 1. The molecule has 0 atom stereocenters. The van der Waals surface area contributed by atoms with E-state index in [2.05, 4.69) is 4.98 Å². The van der Waals surface area contributed by atoms with E-state index in [1.807, 2.05) is 0 Å². The van der Waals surface area contributed by atoms with Gasteiger partial charge < -0.3 is 9.84 Å². The first kappa shape index (κ1) is 13.3. The Balaban J connectivity index is 2.46. The Labute approximate surface area is 113 Å². The van der Waals surface area contributed by atoms with Crippen LogP contribution in [0.15, 0.2) is 36.5 Å². The lowest BCUT2D eigenvalue weighted by molar-refractivity contribution is -0.385. The van der Waals surface area contributed by atoms with Crippen LogP contribution in [0.2, 0.25) is 5.02 Å². The third-order valence-electron chi connectivity index (χ3n) is 2.36. The van der Waals surface area contributed by atoms with Crippen LogP contribution in [0.1, 0.15) is 5.56 Å². The molecule has 0 saturated carbocycles. The molecule has 1 aromatic heterocycles. The van der Waals surface area contributed by atoms with Crippen molar-refractivity contribution in [3.63, 3.8) is 0 Å². The maximum Gasteiger partial charge on any atom is 0.313 e. The van der Waals surface area contributed by atoms with Crippen LogP contribution in [0.25, 0.3) is 0 Å². The summed E-state index contributed by atoms with van der Waals surface area (Å²) in [5.74, 6) is -0.0104. The third kappa shape index (κ3) is 2.81. The SMILES string of the molecule is O=[N+]([O-])c1cccc(Cl)c1Oc1ncccc1CO. The zero-order valence-corrected chi connectivity index (χ0v) is 10.4. The molecule has 1 aromatic carbocycles. The Morgan fingerprint density at radius 3 is 2.84 bits per heavy atom. The molecule has 0 spiro atoms. The van der Waals surface area contributed by atoms with Crippen molar-refractivity contribution in [2.75, 3.05) is 0 Å². The van der Waals surface area contributed by atoms with Crippen LogP contribution in [-0.2, 0) is 6.61 Å². The molecule has 0 radical (unpaired) electrons. The van der Waals surface area contributed by atoms with Crippen LogP contribution in [0.4, 0.5) is 5.69 Å². The molecule has 2 rings (SSSR count). The van der Waals surface area contributed by atoms with E-state index in [1.165, 1.54) is 24.4 Å². The summed E-state index contributed by atoms with van der Waals surface area (Å²) in [6.45, 7) is -0.290. The second-order valence-electron chi connectivity index (χ2n) is 3.57. The highest BCUT2D eigenvalue weighted by atomic mass is 35.5. The zero-order chi connectivity index (χ0) is 13.8. The van der Waals surface area contributed by atoms with Gasteiger partial charge in [-0.3, -0.25) is 10.1 Å². The third-order valence-corrected chi connectivity index (χ3v) is 2.66. The molecular weight excluding hydrogens is 272 g/mol. The Hall–Kier alpha value is -2.18. The van der Waals surface area contributed by atoms with E-state index in [9.17, 15) is 10.1 Å². The normalized spacial score (nSPS) is 10.2. The first-order valence-corrected chi connectivity index (χ1v) is 5.66. The van der Waals surface area contributed by atoms with Gasteiger partial charge in [-0.1, -0.05) is 17.7 Å². The fourth-order valence-corrected chi connectivity index (χ4v) is 1.68. The van der Waals surface area contributed by atoms with Crippen LogP contribution in [0, 0.1) is 10.1 Å². The van der Waals surface area contributed by atoms with Gasteiger partial charge in [0.15, 0.2) is 0 Å². The molecular formula is C12H9ClN2O4. The standard InChI is InChI=1S/C12H9ClN2O4/c13-9-4-1-5-10(15(17)18)11(9)19-12-8(7-16)3-2-6-14-12/h1-6,16H,7H2. The molecule has 2 aromatic rings. The van der Waals surface area contributed by atoms with Gasteiger partial charge in [0, 0.05) is 17.8 Å². The van der Waals surface area contributed by atoms with Gasteiger partial charge in [0.2, 0.25) is 11.6 Å². The number of nitrogens with zero attached hydrogens (tertiary/aromatic N) is 2. The fraction of sp³-hybridized carbons (Fsp3) is 0.0833. The first-order valence-electron chi connectivity index (χ1n) is 5.29. The number of ether oxygens (including phenoxy) is 1. The number of benzene rings is 1. The van der Waals surface area contributed by atoms with Crippen molar-refractivity contribution in [3.8, 4) is 11.6 Å². The van der Waals surface area contributed by atoms with Crippen LogP contribution in [-0.4, -0.2) is 15.0 Å². The van der Waals surface area contributed by atoms with Crippen LogP contribution in [0.3, 0.4) is 0 Å². The summed E-state index contributed by atoms with van der Waals surface area (Å²) in [6, 6.07) is 7.44. The summed E-state index contributed by atoms with van der Waals surface area (Å²) in [4.78, 5) is 14.2. The summed E-state index contributed by atoms with van der Waals surface area (Å²) >= 11 is 5.90. The van der Waals surface area contributed by atoms with Crippen LogP contribution in [0.5, 0.6) is 11.6 Å². The number of nitro groups is 1. The average Bonchev–Trinajstić information content (AvgIpc) is 2.41. The minimum atomic E-state index is -0.594. The maximum absolute atomic E-state index is 10.9. The summed E-state index contributed by atoms with van der Waals surface area (Å²) in [5.41, 5.74) is 0.152. The lowest BCUT2D eigenvalue weighted by atomic mass is 10.2. The molecule has 98 valence electrons. The Morgan fingerprint density at radius 2 is 2.16 bits per heavy atom. The number of rotatable bonds is 4. The summed E-state index contributed by atoms with van der Waals surface area (Å²) < 4.78 is 5.38. The molecule has 6 nitrogen and oxygen atoms in total. The minimum Gasteiger partial charge on any atom is -0.430 e. The number of aliphatic hydroxyl groups excluding tert-OH is 1. The molecule has 0 bridgehead atoms. The second-order valence-corrected chi connectivity index (χ2v) is 3.98. The summed E-state index contributed by atoms with van der Waals surface area (Å²) in [5, 5.41) is 20.2. The van der Waals surface area contributed by atoms with E-state index in [0.29, 0.717) is 5.56 Å². The summed E-state index contributed by atoms with van der Waals surface area (Å²) in [7, 11) is 0. The largest absolute Gasteiger partial charge is 0.430 e. The van der Waals surface area contributed by atoms with Crippen molar-refractivity contribution < 1.29 is 14.8 Å². The van der Waals surface area contributed by atoms with Crippen molar-refractivity contribution >= 4 is 17.3 Å². The predicted molar refractivity (Wildman–Crippen MR) is 68.3 cm³/mol. The molecule has 0 aliphatic carbocycles. The topological polar surface area (TPSA) is 85.5 Å². The zero-order valence-electron chi connectivity index (χ0n) is 9.62. The molecule has 0 unspecified atom stereocenters. The molecule has 1 heterocycles.